The molecule has 4 atom stereocenters. The molecule has 140 valence electrons. The molecular formula is C20H30O5. The molecule has 0 spiro atoms. The van der Waals surface area contributed by atoms with Crippen LogP contribution in [0.5, 0.6) is 0 Å². The third kappa shape index (κ3) is 4.66. The summed E-state index contributed by atoms with van der Waals surface area (Å²) >= 11 is 0. The molecule has 5 heteroatoms. The summed E-state index contributed by atoms with van der Waals surface area (Å²) in [5, 5.41) is 19.9. The molecule has 2 N–H and O–H groups in total. The summed E-state index contributed by atoms with van der Waals surface area (Å²) < 4.78 is 5.78. The maximum atomic E-state index is 12.7. The van der Waals surface area contributed by atoms with Gasteiger partial charge in [-0.2, -0.15) is 0 Å². The summed E-state index contributed by atoms with van der Waals surface area (Å²) in [6.45, 7) is 7.34. The van der Waals surface area contributed by atoms with E-state index in [-0.39, 0.29) is 48.1 Å². The Balaban J connectivity index is 2.30. The number of Topliss-reactive ketones (excluding diaryl/α,β-unsaturated/α-hetero) is 2. The van der Waals surface area contributed by atoms with Crippen molar-refractivity contribution >= 4 is 11.6 Å². The van der Waals surface area contributed by atoms with Crippen molar-refractivity contribution in [3.05, 3.63) is 23.3 Å². The lowest BCUT2D eigenvalue weighted by Gasteiger charge is -2.21. The van der Waals surface area contributed by atoms with Gasteiger partial charge in [-0.3, -0.25) is 9.59 Å². The standard InChI is InChI=1S/C20H30O5/c1-12(2)15-10-17-20(4,25-17)9-5-6-14(11-21)16(22)8-7-13(3)18(23)19(15)24/h6,10,12-13,17-18,21,23H,5,7-9,11H2,1-4H3/b14-6-,15-10+/t13-,17?,18+,20-/m1/s1. The van der Waals surface area contributed by atoms with E-state index in [0.717, 1.165) is 0 Å². The zero-order chi connectivity index (χ0) is 18.8. The topological polar surface area (TPSA) is 87.1 Å². The Morgan fingerprint density at radius 2 is 2.04 bits per heavy atom. The lowest BCUT2D eigenvalue weighted by Crippen LogP contribution is -2.31. The van der Waals surface area contributed by atoms with E-state index in [2.05, 4.69) is 0 Å². The molecule has 0 aromatic carbocycles. The number of hydrogen-bond donors (Lipinski definition) is 2. The number of hydrogen-bond acceptors (Lipinski definition) is 5. The Kier molecular flexibility index (Phi) is 6.35. The Morgan fingerprint density at radius 1 is 1.36 bits per heavy atom. The molecule has 1 heterocycles. The Bertz CT molecular complexity index is 589. The van der Waals surface area contributed by atoms with Gasteiger partial charge >= 0.3 is 0 Å². The van der Waals surface area contributed by atoms with Crippen molar-refractivity contribution in [1.29, 1.82) is 0 Å². The number of rotatable bonds is 2. The Morgan fingerprint density at radius 3 is 2.64 bits per heavy atom. The molecule has 0 bridgehead atoms. The first kappa shape index (κ1) is 20.0. The second kappa shape index (κ2) is 7.94. The van der Waals surface area contributed by atoms with E-state index in [4.69, 9.17) is 4.74 Å². The molecule has 0 radical (unpaired) electrons. The van der Waals surface area contributed by atoms with Gasteiger partial charge in [-0.15, -0.1) is 0 Å². The molecule has 1 saturated heterocycles. The van der Waals surface area contributed by atoms with Gasteiger partial charge in [0.1, 0.15) is 12.2 Å². The highest BCUT2D eigenvalue weighted by Crippen LogP contribution is 2.42. The van der Waals surface area contributed by atoms with Gasteiger partial charge in [-0.1, -0.05) is 26.8 Å². The maximum absolute atomic E-state index is 12.7. The van der Waals surface area contributed by atoms with Gasteiger partial charge in [0.05, 0.1) is 12.2 Å². The number of allylic oxidation sites excluding steroid dienone is 1. The highest BCUT2D eigenvalue weighted by Gasteiger charge is 2.50. The lowest BCUT2D eigenvalue weighted by molar-refractivity contribution is -0.126. The van der Waals surface area contributed by atoms with Crippen LogP contribution in [0.15, 0.2) is 23.3 Å². The fourth-order valence-corrected chi connectivity index (χ4v) is 3.30. The van der Waals surface area contributed by atoms with Gasteiger partial charge in [0.2, 0.25) is 0 Å². The number of aliphatic hydroxyl groups is 2. The van der Waals surface area contributed by atoms with E-state index in [1.165, 1.54) is 0 Å². The molecule has 2 aliphatic rings. The minimum absolute atomic E-state index is 0.00164. The third-order valence-electron chi connectivity index (χ3n) is 5.37. The highest BCUT2D eigenvalue weighted by molar-refractivity contribution is 5.99. The number of aliphatic hydroxyl groups excluding tert-OH is 2. The van der Waals surface area contributed by atoms with Crippen LogP contribution >= 0.6 is 0 Å². The van der Waals surface area contributed by atoms with Crippen molar-refractivity contribution in [3.8, 4) is 0 Å². The van der Waals surface area contributed by atoms with Gasteiger partial charge in [-0.25, -0.2) is 0 Å². The van der Waals surface area contributed by atoms with Crippen LogP contribution in [0.3, 0.4) is 0 Å². The largest absolute Gasteiger partial charge is 0.392 e. The third-order valence-corrected chi connectivity index (χ3v) is 5.37. The Labute approximate surface area is 149 Å². The smallest absolute Gasteiger partial charge is 0.187 e. The predicted molar refractivity (Wildman–Crippen MR) is 95.0 cm³/mol. The van der Waals surface area contributed by atoms with Gasteiger partial charge in [0.25, 0.3) is 0 Å². The molecule has 0 aromatic heterocycles. The highest BCUT2D eigenvalue weighted by atomic mass is 16.6. The zero-order valence-electron chi connectivity index (χ0n) is 15.6. The van der Waals surface area contributed by atoms with E-state index in [1.807, 2.05) is 26.8 Å². The van der Waals surface area contributed by atoms with Gasteiger partial charge in [0, 0.05) is 12.0 Å². The van der Waals surface area contributed by atoms with E-state index < -0.39 is 6.10 Å². The first-order valence-corrected chi connectivity index (χ1v) is 9.14. The molecule has 2 rings (SSSR count). The van der Waals surface area contributed by atoms with Crippen molar-refractivity contribution < 1.29 is 24.5 Å². The SMILES string of the molecule is CC(C)/C1=C\C2O[C@]2(C)CC/C=C(/CO)C(=O)CC[C@@H](C)[C@H](O)C1=O. The van der Waals surface area contributed by atoms with Crippen molar-refractivity contribution in [2.75, 3.05) is 6.61 Å². The van der Waals surface area contributed by atoms with Crippen LogP contribution in [-0.2, 0) is 14.3 Å². The molecular weight excluding hydrogens is 320 g/mol. The average molecular weight is 350 g/mol. The molecule has 5 nitrogen and oxygen atoms in total. The first-order chi connectivity index (χ1) is 11.7. The second-order valence-corrected chi connectivity index (χ2v) is 7.80. The summed E-state index contributed by atoms with van der Waals surface area (Å²) in [4.78, 5) is 25.0. The van der Waals surface area contributed by atoms with E-state index in [0.29, 0.717) is 30.4 Å². The molecule has 1 unspecified atom stereocenters. The molecule has 1 aliphatic carbocycles. The normalized spacial score (nSPS) is 39.1. The molecule has 0 aromatic rings. The number of ether oxygens (including phenoxy) is 1. The molecule has 0 saturated carbocycles. The van der Waals surface area contributed by atoms with E-state index in [1.54, 1.807) is 13.0 Å². The van der Waals surface area contributed by atoms with E-state index in [9.17, 15) is 19.8 Å². The quantitative estimate of drug-likeness (QED) is 0.747. The maximum Gasteiger partial charge on any atom is 0.187 e. The monoisotopic (exact) mass is 350 g/mol. The minimum Gasteiger partial charge on any atom is -0.392 e. The summed E-state index contributed by atoms with van der Waals surface area (Å²) in [7, 11) is 0. The van der Waals surface area contributed by atoms with Crippen LogP contribution in [0.25, 0.3) is 0 Å². The number of carbonyl (C=O) groups is 2. The average Bonchev–Trinajstić information content (AvgIpc) is 3.21. The lowest BCUT2D eigenvalue weighted by atomic mass is 9.86. The summed E-state index contributed by atoms with van der Waals surface area (Å²) in [5.41, 5.74) is 0.647. The van der Waals surface area contributed by atoms with Crippen LogP contribution in [0.4, 0.5) is 0 Å². The van der Waals surface area contributed by atoms with Crippen molar-refractivity contribution in [2.45, 2.75) is 71.2 Å². The first-order valence-electron chi connectivity index (χ1n) is 9.14. The molecule has 25 heavy (non-hydrogen) atoms. The minimum atomic E-state index is -1.13. The summed E-state index contributed by atoms with van der Waals surface area (Å²) in [5.74, 6) is -0.724. The van der Waals surface area contributed by atoms with Gasteiger partial charge < -0.3 is 14.9 Å². The Hall–Kier alpha value is -1.30. The molecule has 0 amide bonds. The van der Waals surface area contributed by atoms with E-state index >= 15 is 0 Å². The molecule has 1 fully saturated rings. The van der Waals surface area contributed by atoms with Crippen LogP contribution in [0.1, 0.15) is 53.4 Å². The van der Waals surface area contributed by atoms with Crippen LogP contribution < -0.4 is 0 Å². The van der Waals surface area contributed by atoms with Crippen LogP contribution in [0.2, 0.25) is 0 Å². The second-order valence-electron chi connectivity index (χ2n) is 7.80. The van der Waals surface area contributed by atoms with Crippen LogP contribution in [-0.4, -0.2) is 46.2 Å². The van der Waals surface area contributed by atoms with Crippen molar-refractivity contribution in [3.63, 3.8) is 0 Å². The van der Waals surface area contributed by atoms with Gasteiger partial charge in [-0.05, 0) is 49.7 Å². The number of epoxide rings is 1. The number of fused-ring (bicyclic) bond motifs is 1. The molecule has 1 aliphatic heterocycles. The predicted octanol–water partition coefficient (Wildman–Crippen LogP) is 2.35. The van der Waals surface area contributed by atoms with Gasteiger partial charge in [0.15, 0.2) is 11.6 Å². The number of ketones is 2. The zero-order valence-corrected chi connectivity index (χ0v) is 15.6. The number of carbonyl (C=O) groups excluding carboxylic acids is 2. The van der Waals surface area contributed by atoms with Crippen molar-refractivity contribution in [2.24, 2.45) is 11.8 Å². The fourth-order valence-electron chi connectivity index (χ4n) is 3.30. The summed E-state index contributed by atoms with van der Waals surface area (Å²) in [6.07, 6.45) is 4.35. The van der Waals surface area contributed by atoms with Crippen LogP contribution in [0, 0.1) is 11.8 Å². The fraction of sp³-hybridized carbons (Fsp3) is 0.700. The summed E-state index contributed by atoms with van der Waals surface area (Å²) in [6, 6.07) is 0. The van der Waals surface area contributed by atoms with Crippen molar-refractivity contribution in [1.82, 2.24) is 0 Å².